The fraction of sp³-hybridized carbons (Fsp3) is 0.333. The summed E-state index contributed by atoms with van der Waals surface area (Å²) in [7, 11) is 0. The number of aromatic nitrogens is 2. The molecule has 0 unspecified atom stereocenters. The lowest BCUT2D eigenvalue weighted by Gasteiger charge is -2.32. The Kier molecular flexibility index (Phi) is 5.94. The zero-order chi connectivity index (χ0) is 22.8. The van der Waals surface area contributed by atoms with Crippen LogP contribution in [0.15, 0.2) is 48.5 Å². The molecule has 1 aliphatic rings. The van der Waals surface area contributed by atoms with Gasteiger partial charge >= 0.3 is 0 Å². The van der Waals surface area contributed by atoms with Crippen molar-refractivity contribution in [2.75, 3.05) is 23.3 Å². The number of benzene rings is 2. The number of nitro benzene ring substituents is 1. The van der Waals surface area contributed by atoms with Crippen molar-refractivity contribution >= 4 is 23.1 Å². The third-order valence-electron chi connectivity index (χ3n) is 5.82. The number of rotatable bonds is 5. The molecule has 0 spiro atoms. The Hall–Kier alpha value is -3.68. The number of aryl methyl sites for hydroxylation is 3. The quantitative estimate of drug-likeness (QED) is 0.470. The van der Waals surface area contributed by atoms with E-state index in [0.29, 0.717) is 37.4 Å². The van der Waals surface area contributed by atoms with Gasteiger partial charge in [0, 0.05) is 31.1 Å². The molecule has 0 aliphatic carbocycles. The highest BCUT2D eigenvalue weighted by Gasteiger charge is 2.28. The van der Waals surface area contributed by atoms with Gasteiger partial charge in [-0.1, -0.05) is 18.2 Å². The number of piperidine rings is 1. The molecular formula is C24H27N5O3. The Balaban J connectivity index is 1.46. The van der Waals surface area contributed by atoms with Crippen molar-refractivity contribution in [3.8, 4) is 5.69 Å². The maximum atomic E-state index is 13.0. The highest BCUT2D eigenvalue weighted by Crippen LogP contribution is 2.31. The predicted octanol–water partition coefficient (Wildman–Crippen LogP) is 4.56. The van der Waals surface area contributed by atoms with Crippen LogP contribution < -0.4 is 10.2 Å². The molecule has 166 valence electrons. The molecule has 0 saturated carbocycles. The third kappa shape index (κ3) is 4.49. The van der Waals surface area contributed by atoms with Crippen molar-refractivity contribution in [3.05, 3.63) is 75.5 Å². The Labute approximate surface area is 187 Å². The molecule has 3 aromatic rings. The lowest BCUT2D eigenvalue weighted by molar-refractivity contribution is -0.384. The van der Waals surface area contributed by atoms with Crippen molar-refractivity contribution < 1.29 is 9.72 Å². The molecule has 32 heavy (non-hydrogen) atoms. The van der Waals surface area contributed by atoms with E-state index in [0.717, 1.165) is 22.5 Å². The topological polar surface area (TPSA) is 93.3 Å². The van der Waals surface area contributed by atoms with Crippen molar-refractivity contribution in [3.63, 3.8) is 0 Å². The van der Waals surface area contributed by atoms with Gasteiger partial charge in [0.05, 0.1) is 16.3 Å². The van der Waals surface area contributed by atoms with E-state index in [-0.39, 0.29) is 22.4 Å². The number of nitrogens with zero attached hydrogens (tertiary/aromatic N) is 4. The normalized spacial score (nSPS) is 14.4. The third-order valence-corrected chi connectivity index (χ3v) is 5.82. The predicted molar refractivity (Wildman–Crippen MR) is 124 cm³/mol. The van der Waals surface area contributed by atoms with Crippen LogP contribution in [0.25, 0.3) is 5.69 Å². The summed E-state index contributed by atoms with van der Waals surface area (Å²) in [6.07, 6.45) is 1.27. The van der Waals surface area contributed by atoms with Crippen molar-refractivity contribution in [1.82, 2.24) is 9.78 Å². The molecule has 4 rings (SSSR count). The summed E-state index contributed by atoms with van der Waals surface area (Å²) in [5.74, 6) is 0.452. The molecule has 1 fully saturated rings. The first-order chi connectivity index (χ1) is 15.3. The van der Waals surface area contributed by atoms with Gasteiger partial charge in [-0.2, -0.15) is 5.10 Å². The molecule has 8 nitrogen and oxygen atoms in total. The zero-order valence-corrected chi connectivity index (χ0v) is 18.5. The Morgan fingerprint density at radius 1 is 1.06 bits per heavy atom. The average Bonchev–Trinajstić information content (AvgIpc) is 3.13. The number of carbonyl (C=O) groups excluding carboxylic acids is 1. The maximum Gasteiger partial charge on any atom is 0.292 e. The number of nitro groups is 1. The Bertz CT molecular complexity index is 1140. The van der Waals surface area contributed by atoms with Gasteiger partial charge in [-0.15, -0.1) is 0 Å². The van der Waals surface area contributed by atoms with Crippen LogP contribution in [0, 0.1) is 36.8 Å². The Morgan fingerprint density at radius 3 is 2.38 bits per heavy atom. The second-order valence-electron chi connectivity index (χ2n) is 8.43. The second kappa shape index (κ2) is 8.82. The van der Waals surface area contributed by atoms with Gasteiger partial charge in [0.25, 0.3) is 5.69 Å². The first-order valence-corrected chi connectivity index (χ1v) is 10.8. The van der Waals surface area contributed by atoms with Crippen LogP contribution >= 0.6 is 0 Å². The zero-order valence-electron chi connectivity index (χ0n) is 18.5. The molecule has 1 amide bonds. The molecule has 1 N–H and O–H groups in total. The number of nitrogens with one attached hydrogen (secondary N) is 1. The van der Waals surface area contributed by atoms with Crippen LogP contribution in [0.1, 0.15) is 29.7 Å². The monoisotopic (exact) mass is 433 g/mol. The molecule has 0 atom stereocenters. The fourth-order valence-electron chi connectivity index (χ4n) is 4.36. The van der Waals surface area contributed by atoms with Gasteiger partial charge in [0.2, 0.25) is 5.91 Å². The minimum Gasteiger partial charge on any atom is -0.366 e. The van der Waals surface area contributed by atoms with Crippen LogP contribution in [0.5, 0.6) is 0 Å². The Morgan fingerprint density at radius 2 is 1.72 bits per heavy atom. The summed E-state index contributed by atoms with van der Waals surface area (Å²) in [6, 6.07) is 14.8. The van der Waals surface area contributed by atoms with Crippen molar-refractivity contribution in [2.45, 2.75) is 33.6 Å². The van der Waals surface area contributed by atoms with Crippen LogP contribution in [0.3, 0.4) is 0 Å². The smallest absolute Gasteiger partial charge is 0.292 e. The number of anilines is 2. The van der Waals surface area contributed by atoms with Crippen molar-refractivity contribution in [2.24, 2.45) is 5.92 Å². The van der Waals surface area contributed by atoms with E-state index in [1.807, 2.05) is 43.9 Å². The molecule has 8 heteroatoms. The maximum absolute atomic E-state index is 13.0. The van der Waals surface area contributed by atoms with Gasteiger partial charge in [0.1, 0.15) is 11.5 Å². The lowest BCUT2D eigenvalue weighted by atomic mass is 9.95. The molecule has 2 aromatic carbocycles. The van der Waals surface area contributed by atoms with E-state index in [2.05, 4.69) is 16.5 Å². The second-order valence-corrected chi connectivity index (χ2v) is 8.43. The van der Waals surface area contributed by atoms with Gasteiger partial charge < -0.3 is 10.2 Å². The van der Waals surface area contributed by atoms with E-state index in [9.17, 15) is 14.9 Å². The van der Waals surface area contributed by atoms with Gasteiger partial charge in [-0.25, -0.2) is 4.68 Å². The first kappa shape index (κ1) is 21.5. The molecule has 0 radical (unpaired) electrons. The SMILES string of the molecule is Cc1cc(C)cc(-n2nc(C)cc2NC(=O)C2CCN(c3ccccc3[N+](=O)[O-])CC2)c1. The number of hydrogen-bond donors (Lipinski definition) is 1. The molecule has 0 bridgehead atoms. The minimum absolute atomic E-state index is 0.0438. The molecular weight excluding hydrogens is 406 g/mol. The molecule has 1 aromatic heterocycles. The number of carbonyl (C=O) groups is 1. The van der Waals surface area contributed by atoms with E-state index in [1.165, 1.54) is 6.07 Å². The van der Waals surface area contributed by atoms with Crippen LogP contribution in [-0.4, -0.2) is 33.7 Å². The number of amides is 1. The highest BCUT2D eigenvalue weighted by atomic mass is 16.6. The van der Waals surface area contributed by atoms with E-state index in [4.69, 9.17) is 0 Å². The molecule has 1 aliphatic heterocycles. The first-order valence-electron chi connectivity index (χ1n) is 10.8. The van der Waals surface area contributed by atoms with Crippen LogP contribution in [0.2, 0.25) is 0 Å². The van der Waals surface area contributed by atoms with E-state index >= 15 is 0 Å². The van der Waals surface area contributed by atoms with Crippen molar-refractivity contribution in [1.29, 1.82) is 0 Å². The van der Waals surface area contributed by atoms with Crippen LogP contribution in [-0.2, 0) is 4.79 Å². The molecule has 1 saturated heterocycles. The largest absolute Gasteiger partial charge is 0.366 e. The average molecular weight is 434 g/mol. The van der Waals surface area contributed by atoms with E-state index < -0.39 is 0 Å². The minimum atomic E-state index is -0.357. The fourth-order valence-corrected chi connectivity index (χ4v) is 4.36. The summed E-state index contributed by atoms with van der Waals surface area (Å²) in [6.45, 7) is 7.17. The summed E-state index contributed by atoms with van der Waals surface area (Å²) >= 11 is 0. The summed E-state index contributed by atoms with van der Waals surface area (Å²) < 4.78 is 1.77. The number of para-hydroxylation sites is 2. The van der Waals surface area contributed by atoms with E-state index in [1.54, 1.807) is 22.9 Å². The summed E-state index contributed by atoms with van der Waals surface area (Å²) in [4.78, 5) is 26.0. The summed E-state index contributed by atoms with van der Waals surface area (Å²) in [5, 5.41) is 19.0. The summed E-state index contributed by atoms with van der Waals surface area (Å²) in [5.41, 5.74) is 4.71. The van der Waals surface area contributed by atoms with Gasteiger partial charge in [-0.3, -0.25) is 14.9 Å². The van der Waals surface area contributed by atoms with Gasteiger partial charge in [-0.05, 0) is 62.9 Å². The number of hydrogen-bond acceptors (Lipinski definition) is 5. The highest BCUT2D eigenvalue weighted by molar-refractivity contribution is 5.92. The molecule has 2 heterocycles. The lowest BCUT2D eigenvalue weighted by Crippen LogP contribution is -2.38. The van der Waals surface area contributed by atoms with Gasteiger partial charge in [0.15, 0.2) is 0 Å². The standard InChI is InChI=1S/C24H27N5O3/c1-16-12-17(2)14-20(13-16)28-23(15-18(3)26-28)25-24(30)19-8-10-27(11-9-19)21-6-4-5-7-22(21)29(31)32/h4-7,12-15,19H,8-11H2,1-3H3,(H,25,30). The van der Waals surface area contributed by atoms with Crippen LogP contribution in [0.4, 0.5) is 17.2 Å².